The van der Waals surface area contributed by atoms with Crippen molar-refractivity contribution in [2.45, 2.75) is 6.04 Å². The number of thiazole rings is 1. The molecule has 1 aliphatic rings. The van der Waals surface area contributed by atoms with Crippen molar-refractivity contribution < 1.29 is 0 Å². The van der Waals surface area contributed by atoms with Crippen LogP contribution in [-0.2, 0) is 0 Å². The lowest BCUT2D eigenvalue weighted by molar-refractivity contribution is 0.866. The van der Waals surface area contributed by atoms with Crippen LogP contribution in [0.25, 0.3) is 0 Å². The number of aromatic nitrogens is 1. The highest BCUT2D eigenvalue weighted by atomic mass is 35.5. The minimum atomic E-state index is 0.167. The summed E-state index contributed by atoms with van der Waals surface area (Å²) in [5.74, 6) is 0.907. The Balaban J connectivity index is 2.21. The normalized spacial score (nSPS) is 22.8. The molecule has 1 atom stereocenters. The van der Waals surface area contributed by atoms with E-state index in [1.165, 1.54) is 11.3 Å². The summed E-state index contributed by atoms with van der Waals surface area (Å²) >= 11 is 8.73. The molecule has 1 aromatic rings. The molecule has 3 nitrogen and oxygen atoms in total. The maximum absolute atomic E-state index is 5.70. The standard InChI is InChI=1S/C6H6ClN3S2/c7-5-9-1-4(12-5)3-2-11-6(8)10-3/h1,3H,2H2,(H2,8,10). The van der Waals surface area contributed by atoms with E-state index in [1.807, 2.05) is 0 Å². The molecule has 64 valence electrons. The van der Waals surface area contributed by atoms with Crippen LogP contribution in [0.5, 0.6) is 0 Å². The number of nitrogens with two attached hydrogens (primary N) is 1. The van der Waals surface area contributed by atoms with Crippen molar-refractivity contribution in [3.63, 3.8) is 0 Å². The first kappa shape index (κ1) is 8.34. The van der Waals surface area contributed by atoms with Gasteiger partial charge in [0.2, 0.25) is 0 Å². The molecule has 0 spiro atoms. The number of aliphatic imine (C=N–C) groups is 1. The predicted molar refractivity (Wildman–Crippen MR) is 53.9 cm³/mol. The van der Waals surface area contributed by atoms with Crippen molar-refractivity contribution in [2.75, 3.05) is 5.75 Å². The number of halogens is 1. The van der Waals surface area contributed by atoms with Gasteiger partial charge in [-0.3, -0.25) is 4.99 Å². The molecule has 6 heteroatoms. The van der Waals surface area contributed by atoms with Gasteiger partial charge in [-0.25, -0.2) is 4.98 Å². The Hall–Kier alpha value is -0.260. The zero-order valence-electron chi connectivity index (χ0n) is 6.03. The Morgan fingerprint density at radius 2 is 2.50 bits per heavy atom. The van der Waals surface area contributed by atoms with E-state index in [0.29, 0.717) is 9.63 Å². The lowest BCUT2D eigenvalue weighted by Gasteiger charge is -1.98. The largest absolute Gasteiger partial charge is 0.379 e. The van der Waals surface area contributed by atoms with Crippen molar-refractivity contribution >= 4 is 39.9 Å². The summed E-state index contributed by atoms with van der Waals surface area (Å²) in [7, 11) is 0. The molecule has 1 aliphatic heterocycles. The second kappa shape index (κ2) is 3.24. The molecule has 0 radical (unpaired) electrons. The van der Waals surface area contributed by atoms with Crippen LogP contribution >= 0.6 is 34.7 Å². The van der Waals surface area contributed by atoms with E-state index in [0.717, 1.165) is 10.6 Å². The van der Waals surface area contributed by atoms with Crippen molar-refractivity contribution in [2.24, 2.45) is 10.7 Å². The SMILES string of the molecule is NC1=NC(c2cnc(Cl)s2)CS1. The van der Waals surface area contributed by atoms with Crippen LogP contribution in [0.3, 0.4) is 0 Å². The van der Waals surface area contributed by atoms with E-state index in [9.17, 15) is 0 Å². The first-order valence-corrected chi connectivity index (χ1v) is 5.51. The molecule has 0 fully saturated rings. The molecule has 2 N–H and O–H groups in total. The molecular formula is C6H6ClN3S2. The molecule has 1 aromatic heterocycles. The molecule has 0 saturated carbocycles. The number of amidine groups is 1. The van der Waals surface area contributed by atoms with Gasteiger partial charge in [0, 0.05) is 11.9 Å². The minimum absolute atomic E-state index is 0.167. The van der Waals surface area contributed by atoms with Gasteiger partial charge in [0.15, 0.2) is 9.63 Å². The second-order valence-corrected chi connectivity index (χ2v) is 4.99. The fraction of sp³-hybridized carbons (Fsp3) is 0.333. The van der Waals surface area contributed by atoms with Crippen LogP contribution in [-0.4, -0.2) is 15.9 Å². The van der Waals surface area contributed by atoms with Gasteiger partial charge in [0.1, 0.15) is 0 Å². The Kier molecular flexibility index (Phi) is 2.25. The molecule has 12 heavy (non-hydrogen) atoms. The van der Waals surface area contributed by atoms with Crippen LogP contribution in [0, 0.1) is 0 Å². The smallest absolute Gasteiger partial charge is 0.183 e. The van der Waals surface area contributed by atoms with E-state index >= 15 is 0 Å². The van der Waals surface area contributed by atoms with Crippen LogP contribution in [0.2, 0.25) is 4.47 Å². The van der Waals surface area contributed by atoms with Gasteiger partial charge in [-0.1, -0.05) is 23.4 Å². The fourth-order valence-corrected chi connectivity index (χ4v) is 2.84. The molecule has 0 amide bonds. The molecule has 0 aliphatic carbocycles. The quantitative estimate of drug-likeness (QED) is 0.785. The third kappa shape index (κ3) is 1.57. The van der Waals surface area contributed by atoms with E-state index in [4.69, 9.17) is 17.3 Å². The molecular weight excluding hydrogens is 214 g/mol. The summed E-state index contributed by atoms with van der Waals surface area (Å²) in [5.41, 5.74) is 5.53. The first-order valence-electron chi connectivity index (χ1n) is 3.33. The molecule has 0 saturated heterocycles. The van der Waals surface area contributed by atoms with Gasteiger partial charge < -0.3 is 5.73 Å². The van der Waals surface area contributed by atoms with Gasteiger partial charge in [-0.05, 0) is 0 Å². The van der Waals surface area contributed by atoms with E-state index in [2.05, 4.69) is 9.98 Å². The Morgan fingerprint density at radius 3 is 3.00 bits per heavy atom. The average Bonchev–Trinajstić information content (AvgIpc) is 2.58. The summed E-state index contributed by atoms with van der Waals surface area (Å²) in [6.45, 7) is 0. The summed E-state index contributed by atoms with van der Waals surface area (Å²) < 4.78 is 0.565. The first-order chi connectivity index (χ1) is 5.75. The maximum Gasteiger partial charge on any atom is 0.183 e. The fourth-order valence-electron chi connectivity index (χ4n) is 0.957. The number of thioether (sulfide) groups is 1. The van der Waals surface area contributed by atoms with Crippen LogP contribution < -0.4 is 5.73 Å². The number of nitrogens with zero attached hydrogens (tertiary/aromatic N) is 2. The van der Waals surface area contributed by atoms with E-state index in [-0.39, 0.29) is 6.04 Å². The van der Waals surface area contributed by atoms with E-state index in [1.54, 1.807) is 18.0 Å². The van der Waals surface area contributed by atoms with Crippen LogP contribution in [0.1, 0.15) is 10.9 Å². The zero-order chi connectivity index (χ0) is 8.55. The molecule has 0 aromatic carbocycles. The van der Waals surface area contributed by atoms with Crippen molar-refractivity contribution in [1.82, 2.24) is 4.98 Å². The Labute approximate surface area is 83.0 Å². The average molecular weight is 220 g/mol. The van der Waals surface area contributed by atoms with E-state index < -0.39 is 0 Å². The monoisotopic (exact) mass is 219 g/mol. The number of hydrogen-bond acceptors (Lipinski definition) is 5. The zero-order valence-corrected chi connectivity index (χ0v) is 8.42. The molecule has 0 bridgehead atoms. The third-order valence-corrected chi connectivity index (χ3v) is 3.60. The highest BCUT2D eigenvalue weighted by molar-refractivity contribution is 8.14. The predicted octanol–water partition coefficient (Wildman–Crippen LogP) is 1.90. The minimum Gasteiger partial charge on any atom is -0.379 e. The maximum atomic E-state index is 5.70. The van der Waals surface area contributed by atoms with Gasteiger partial charge in [-0.15, -0.1) is 11.3 Å². The summed E-state index contributed by atoms with van der Waals surface area (Å²) in [6.07, 6.45) is 1.76. The summed E-state index contributed by atoms with van der Waals surface area (Å²) in [4.78, 5) is 9.28. The summed E-state index contributed by atoms with van der Waals surface area (Å²) in [6, 6.07) is 0.167. The summed E-state index contributed by atoms with van der Waals surface area (Å²) in [5, 5.41) is 0.657. The number of hydrogen-bond donors (Lipinski definition) is 1. The van der Waals surface area contributed by atoms with Gasteiger partial charge in [0.05, 0.1) is 10.9 Å². The lowest BCUT2D eigenvalue weighted by atomic mass is 10.3. The van der Waals surface area contributed by atoms with Crippen molar-refractivity contribution in [3.8, 4) is 0 Å². The second-order valence-electron chi connectivity index (χ2n) is 2.31. The van der Waals surface area contributed by atoms with Crippen LogP contribution in [0.15, 0.2) is 11.2 Å². The Bertz CT molecular complexity index is 322. The molecule has 2 heterocycles. The van der Waals surface area contributed by atoms with Gasteiger partial charge >= 0.3 is 0 Å². The third-order valence-electron chi connectivity index (χ3n) is 1.50. The van der Waals surface area contributed by atoms with Crippen molar-refractivity contribution in [1.29, 1.82) is 0 Å². The molecule has 1 unspecified atom stereocenters. The van der Waals surface area contributed by atoms with Gasteiger partial charge in [-0.2, -0.15) is 0 Å². The highest BCUT2D eigenvalue weighted by Crippen LogP contribution is 2.33. The highest BCUT2D eigenvalue weighted by Gasteiger charge is 2.19. The topological polar surface area (TPSA) is 51.3 Å². The lowest BCUT2D eigenvalue weighted by Crippen LogP contribution is -2.01. The van der Waals surface area contributed by atoms with Gasteiger partial charge in [0.25, 0.3) is 0 Å². The Morgan fingerprint density at radius 1 is 1.67 bits per heavy atom. The van der Waals surface area contributed by atoms with Crippen LogP contribution in [0.4, 0.5) is 0 Å². The van der Waals surface area contributed by atoms with Crippen molar-refractivity contribution in [3.05, 3.63) is 15.5 Å². The molecule has 2 rings (SSSR count). The number of rotatable bonds is 1.